The van der Waals surface area contributed by atoms with E-state index in [1.54, 1.807) is 0 Å². The van der Waals surface area contributed by atoms with Crippen molar-refractivity contribution in [3.63, 3.8) is 0 Å². The molecule has 0 aromatic heterocycles. The van der Waals surface area contributed by atoms with Crippen LogP contribution in [0.25, 0.3) is 0 Å². The highest BCUT2D eigenvalue weighted by atomic mass is 28.3. The summed E-state index contributed by atoms with van der Waals surface area (Å²) in [5.74, 6) is 0.338. The Labute approximate surface area is 160 Å². The van der Waals surface area contributed by atoms with Crippen LogP contribution in [-0.2, 0) is 20.7 Å². The molecule has 27 heavy (non-hydrogen) atoms. The average Bonchev–Trinajstić information content (AvgIpc) is 2.50. The summed E-state index contributed by atoms with van der Waals surface area (Å²) in [7, 11) is -0.613. The van der Waals surface area contributed by atoms with E-state index in [4.69, 9.17) is 4.74 Å². The molecule has 7 heteroatoms. The molecular weight excluding hydrogens is 368 g/mol. The zero-order valence-electron chi connectivity index (χ0n) is 16.7. The van der Waals surface area contributed by atoms with Crippen molar-refractivity contribution in [2.45, 2.75) is 57.8 Å². The summed E-state index contributed by atoms with van der Waals surface area (Å²) >= 11 is 0. The molecule has 0 saturated heterocycles. The molecule has 1 N–H and O–H groups in total. The number of nitrogens with one attached hydrogen (secondary N) is 1. The maximum absolute atomic E-state index is 13.2. The monoisotopic (exact) mass is 395 g/mol. The van der Waals surface area contributed by atoms with Crippen LogP contribution in [0.1, 0.15) is 32.8 Å². The number of amides is 1. The number of hydrogen-bond donors (Lipinski definition) is 1. The standard InChI is InChI=1S/C20H27F2NO3Si/c1-20(2,3)27(5,6)9-7-8-17(19(25)26-4)23-18(24)12-14-10-15(21)13-16(22)11-14/h10-11,13,17H,8,12H2,1-6H3,(H,23,24)/t17-/m0/s1. The normalized spacial score (nSPS) is 12.6. The quantitative estimate of drug-likeness (QED) is 0.471. The Morgan fingerprint density at radius 3 is 2.22 bits per heavy atom. The third-order valence-corrected chi connectivity index (χ3v) is 9.24. The van der Waals surface area contributed by atoms with Crippen LogP contribution >= 0.6 is 0 Å². The number of ether oxygens (including phenoxy) is 1. The van der Waals surface area contributed by atoms with E-state index in [0.717, 1.165) is 18.2 Å². The number of rotatable bonds is 5. The van der Waals surface area contributed by atoms with Gasteiger partial charge in [-0.05, 0) is 22.7 Å². The Morgan fingerprint density at radius 1 is 1.19 bits per heavy atom. The Bertz CT molecular complexity index is 740. The smallest absolute Gasteiger partial charge is 0.329 e. The van der Waals surface area contributed by atoms with Gasteiger partial charge in [-0.2, -0.15) is 0 Å². The van der Waals surface area contributed by atoms with Gasteiger partial charge in [0.2, 0.25) is 5.91 Å². The largest absolute Gasteiger partial charge is 0.467 e. The molecule has 0 aliphatic heterocycles. The van der Waals surface area contributed by atoms with E-state index in [1.807, 2.05) is 0 Å². The van der Waals surface area contributed by atoms with E-state index in [1.165, 1.54) is 7.11 Å². The number of halogens is 2. The van der Waals surface area contributed by atoms with Gasteiger partial charge in [-0.25, -0.2) is 13.6 Å². The van der Waals surface area contributed by atoms with E-state index in [2.05, 4.69) is 50.6 Å². The van der Waals surface area contributed by atoms with Gasteiger partial charge in [0, 0.05) is 12.5 Å². The first-order valence-electron chi connectivity index (χ1n) is 8.68. The number of methoxy groups -OCH3 is 1. The molecule has 1 atom stereocenters. The third kappa shape index (κ3) is 7.14. The Hall–Kier alpha value is -2.20. The van der Waals surface area contributed by atoms with Crippen molar-refractivity contribution in [1.82, 2.24) is 5.32 Å². The number of carbonyl (C=O) groups excluding carboxylic acids is 2. The summed E-state index contributed by atoms with van der Waals surface area (Å²) < 4.78 is 31.2. The molecule has 0 radical (unpaired) electrons. The summed E-state index contributed by atoms with van der Waals surface area (Å²) in [6.45, 7) is 10.7. The predicted octanol–water partition coefficient (Wildman–Crippen LogP) is 3.61. The fourth-order valence-electron chi connectivity index (χ4n) is 2.04. The van der Waals surface area contributed by atoms with Crippen LogP contribution in [0.15, 0.2) is 18.2 Å². The highest BCUT2D eigenvalue weighted by Gasteiger charge is 2.33. The second-order valence-corrected chi connectivity index (χ2v) is 13.0. The number of hydrogen-bond acceptors (Lipinski definition) is 3. The van der Waals surface area contributed by atoms with Gasteiger partial charge in [0.25, 0.3) is 0 Å². The predicted molar refractivity (Wildman–Crippen MR) is 104 cm³/mol. The summed E-state index contributed by atoms with van der Waals surface area (Å²) in [5.41, 5.74) is 3.46. The number of carbonyl (C=O) groups is 2. The first kappa shape index (κ1) is 22.8. The zero-order valence-corrected chi connectivity index (χ0v) is 17.7. The summed E-state index contributed by atoms with van der Waals surface area (Å²) in [6, 6.07) is 1.95. The van der Waals surface area contributed by atoms with Crippen LogP contribution < -0.4 is 5.32 Å². The van der Waals surface area contributed by atoms with Crippen molar-refractivity contribution in [1.29, 1.82) is 0 Å². The first-order valence-corrected chi connectivity index (χ1v) is 11.7. The van der Waals surface area contributed by atoms with E-state index < -0.39 is 37.6 Å². The minimum atomic E-state index is -1.84. The minimum absolute atomic E-state index is 0.0749. The maximum Gasteiger partial charge on any atom is 0.329 e. The molecule has 4 nitrogen and oxygen atoms in total. The molecule has 1 aromatic rings. The van der Waals surface area contributed by atoms with E-state index in [0.29, 0.717) is 0 Å². The molecule has 148 valence electrons. The van der Waals surface area contributed by atoms with Crippen LogP contribution in [0.3, 0.4) is 0 Å². The molecule has 0 spiro atoms. The summed E-state index contributed by atoms with van der Waals surface area (Å²) in [6.07, 6.45) is -0.139. The van der Waals surface area contributed by atoms with Crippen LogP contribution in [0.4, 0.5) is 8.78 Å². The lowest BCUT2D eigenvalue weighted by Crippen LogP contribution is -2.42. The van der Waals surface area contributed by atoms with Crippen molar-refractivity contribution >= 4 is 20.0 Å². The van der Waals surface area contributed by atoms with E-state index in [-0.39, 0.29) is 23.4 Å². The van der Waals surface area contributed by atoms with Crippen LogP contribution in [0.5, 0.6) is 0 Å². The van der Waals surface area contributed by atoms with Gasteiger partial charge in [-0.3, -0.25) is 4.79 Å². The highest BCUT2D eigenvalue weighted by Crippen LogP contribution is 2.35. The topological polar surface area (TPSA) is 55.4 Å². The second kappa shape index (κ2) is 9.13. The molecule has 0 unspecified atom stereocenters. The van der Waals surface area contributed by atoms with Gasteiger partial charge >= 0.3 is 5.97 Å². The molecule has 1 amide bonds. The van der Waals surface area contributed by atoms with Crippen molar-refractivity contribution in [2.75, 3.05) is 7.11 Å². The molecule has 0 saturated carbocycles. The van der Waals surface area contributed by atoms with Crippen molar-refractivity contribution < 1.29 is 23.1 Å². The molecule has 0 aliphatic carbocycles. The maximum atomic E-state index is 13.2. The number of benzene rings is 1. The lowest BCUT2D eigenvalue weighted by Gasteiger charge is -2.31. The molecule has 0 aliphatic rings. The van der Waals surface area contributed by atoms with Crippen molar-refractivity contribution in [2.24, 2.45) is 0 Å². The van der Waals surface area contributed by atoms with E-state index >= 15 is 0 Å². The molecule has 1 rings (SSSR count). The lowest BCUT2D eigenvalue weighted by atomic mass is 10.1. The molecular formula is C20H27F2NO3Si. The molecule has 0 fully saturated rings. The SMILES string of the molecule is COC(=O)[C@H](CC#C[Si](C)(C)C(C)(C)C)NC(=O)Cc1cc(F)cc(F)c1. The van der Waals surface area contributed by atoms with Crippen LogP contribution in [0, 0.1) is 23.1 Å². The average molecular weight is 396 g/mol. The van der Waals surface area contributed by atoms with Gasteiger partial charge in [-0.1, -0.05) is 33.9 Å². The Kier molecular flexibility index (Phi) is 7.73. The van der Waals surface area contributed by atoms with Gasteiger partial charge < -0.3 is 10.1 Å². The van der Waals surface area contributed by atoms with E-state index in [9.17, 15) is 18.4 Å². The van der Waals surface area contributed by atoms with Gasteiger partial charge in [-0.15, -0.1) is 11.5 Å². The molecule has 0 bridgehead atoms. The second-order valence-electron chi connectivity index (χ2n) is 7.98. The Morgan fingerprint density at radius 2 is 1.74 bits per heavy atom. The minimum Gasteiger partial charge on any atom is -0.467 e. The van der Waals surface area contributed by atoms with Gasteiger partial charge in [0.1, 0.15) is 25.8 Å². The van der Waals surface area contributed by atoms with Gasteiger partial charge in [0.15, 0.2) is 0 Å². The fourth-order valence-corrected chi connectivity index (χ4v) is 2.96. The van der Waals surface area contributed by atoms with Crippen LogP contribution in [-0.4, -0.2) is 33.1 Å². The summed E-state index contributed by atoms with van der Waals surface area (Å²) in [4.78, 5) is 24.1. The molecule has 1 aromatic carbocycles. The molecule has 0 heterocycles. The fraction of sp³-hybridized carbons (Fsp3) is 0.500. The third-order valence-electron chi connectivity index (χ3n) is 4.69. The zero-order chi connectivity index (χ0) is 20.8. The van der Waals surface area contributed by atoms with Gasteiger partial charge in [0.05, 0.1) is 13.5 Å². The summed E-state index contributed by atoms with van der Waals surface area (Å²) in [5, 5.41) is 2.61. The van der Waals surface area contributed by atoms with Crippen LogP contribution in [0.2, 0.25) is 18.1 Å². The lowest BCUT2D eigenvalue weighted by molar-refractivity contribution is -0.144. The van der Waals surface area contributed by atoms with Crippen molar-refractivity contribution in [3.05, 3.63) is 35.4 Å². The number of esters is 1. The Balaban J connectivity index is 2.84. The highest BCUT2D eigenvalue weighted by molar-refractivity contribution is 6.87. The van der Waals surface area contributed by atoms with Crippen molar-refractivity contribution in [3.8, 4) is 11.5 Å². The first-order chi connectivity index (χ1) is 12.4.